The van der Waals surface area contributed by atoms with Crippen LogP contribution in [0.4, 0.5) is 0 Å². The summed E-state index contributed by atoms with van der Waals surface area (Å²) >= 11 is 0. The van der Waals surface area contributed by atoms with E-state index >= 15 is 0 Å². The van der Waals surface area contributed by atoms with Gasteiger partial charge in [-0.1, -0.05) is 111 Å². The van der Waals surface area contributed by atoms with Gasteiger partial charge in [0.2, 0.25) is 6.71 Å². The molecule has 9 rings (SSSR count). The fraction of sp³-hybridized carbons (Fsp3) is 0.167. The molecule has 0 spiro atoms. The molecule has 4 nitrogen and oxygen atoms in total. The predicted octanol–water partition coefficient (Wildman–Crippen LogP) is 10.0. The summed E-state index contributed by atoms with van der Waals surface area (Å²) in [6.45, 7) is 15.2. The van der Waals surface area contributed by atoms with E-state index in [1.54, 1.807) is 0 Å². The first-order chi connectivity index (χ1) is 25.6. The number of nitrogens with zero attached hydrogens (tertiary/aromatic N) is 2. The molecular weight excluding hydrogens is 840 g/mol. The van der Waals surface area contributed by atoms with Crippen LogP contribution in [0, 0.1) is 39.8 Å². The molecule has 4 heterocycles. The average molecular weight is 881 g/mol. The Morgan fingerprint density at radius 2 is 1.30 bits per heavy atom. The second-order valence-electron chi connectivity index (χ2n) is 15.1. The van der Waals surface area contributed by atoms with Crippen LogP contribution >= 0.6 is 0 Å². The Kier molecular flexibility index (Phi) is 10.2. The van der Waals surface area contributed by atoms with Gasteiger partial charge in [-0.3, -0.25) is 0 Å². The van der Waals surface area contributed by atoms with Crippen molar-refractivity contribution in [3.8, 4) is 56.6 Å². The number of para-hydroxylation sites is 1. The van der Waals surface area contributed by atoms with Gasteiger partial charge < -0.3 is 19.4 Å². The number of ether oxygens (including phenoxy) is 2. The Morgan fingerprint density at radius 3 is 2.06 bits per heavy atom. The van der Waals surface area contributed by atoms with Gasteiger partial charge in [-0.15, -0.1) is 53.0 Å². The van der Waals surface area contributed by atoms with E-state index < -0.39 is 0 Å². The Bertz CT molecular complexity index is 2510. The maximum absolute atomic E-state index is 6.53. The van der Waals surface area contributed by atoms with E-state index in [0.29, 0.717) is 0 Å². The van der Waals surface area contributed by atoms with E-state index in [-0.39, 0.29) is 32.2 Å². The second-order valence-corrected chi connectivity index (χ2v) is 15.1. The van der Waals surface area contributed by atoms with E-state index in [2.05, 4.69) is 132 Å². The molecule has 0 unspecified atom stereocenters. The predicted molar refractivity (Wildman–Crippen MR) is 218 cm³/mol. The second kappa shape index (κ2) is 14.9. The van der Waals surface area contributed by atoms with Crippen LogP contribution in [0.1, 0.15) is 48.6 Å². The van der Waals surface area contributed by atoms with Gasteiger partial charge in [-0.05, 0) is 83.5 Å². The smallest absolute Gasteiger partial charge is 0.241 e. The van der Waals surface area contributed by atoms with Crippen LogP contribution < -0.4 is 25.9 Å². The van der Waals surface area contributed by atoms with Gasteiger partial charge in [0.1, 0.15) is 17.2 Å². The van der Waals surface area contributed by atoms with Crippen molar-refractivity contribution in [3.05, 3.63) is 162 Å². The minimum absolute atomic E-state index is 0. The molecule has 0 saturated carbocycles. The molecular formula is C48H41BIrN2O2-2. The van der Waals surface area contributed by atoms with Gasteiger partial charge in [0.05, 0.1) is 0 Å². The van der Waals surface area contributed by atoms with Gasteiger partial charge in [0.15, 0.2) is 0 Å². The quantitative estimate of drug-likeness (QED) is 0.131. The van der Waals surface area contributed by atoms with E-state index in [0.717, 1.165) is 61.9 Å². The zero-order valence-electron chi connectivity index (χ0n) is 31.7. The van der Waals surface area contributed by atoms with Crippen LogP contribution in [-0.2, 0) is 25.5 Å². The summed E-state index contributed by atoms with van der Waals surface area (Å²) in [4.78, 5) is 9.32. The van der Waals surface area contributed by atoms with E-state index in [9.17, 15) is 0 Å². The topological polar surface area (TPSA) is 44.2 Å². The number of benzene rings is 5. The molecule has 1 radical (unpaired) electrons. The number of pyridine rings is 2. The van der Waals surface area contributed by atoms with Gasteiger partial charge in [0, 0.05) is 43.7 Å². The van der Waals surface area contributed by atoms with Crippen LogP contribution in [0.3, 0.4) is 0 Å². The number of hydrogen-bond donors (Lipinski definition) is 0. The molecule has 269 valence electrons. The van der Waals surface area contributed by atoms with Crippen molar-refractivity contribution >= 4 is 23.1 Å². The zero-order valence-corrected chi connectivity index (χ0v) is 34.1. The van der Waals surface area contributed by atoms with Crippen LogP contribution in [-0.4, -0.2) is 16.7 Å². The summed E-state index contributed by atoms with van der Waals surface area (Å²) in [7, 11) is 0. The molecule has 2 aromatic heterocycles. The molecule has 5 aromatic carbocycles. The fourth-order valence-electron chi connectivity index (χ4n) is 7.41. The summed E-state index contributed by atoms with van der Waals surface area (Å²) in [5, 5.41) is 0. The average Bonchev–Trinajstić information content (AvgIpc) is 3.16. The molecule has 0 atom stereocenters. The first-order valence-corrected chi connectivity index (χ1v) is 18.2. The van der Waals surface area contributed by atoms with Crippen molar-refractivity contribution < 1.29 is 29.6 Å². The van der Waals surface area contributed by atoms with Crippen molar-refractivity contribution in [2.45, 2.75) is 53.9 Å². The first kappa shape index (κ1) is 37.0. The maximum Gasteiger partial charge on any atom is 0.241 e. The molecule has 0 saturated heterocycles. The Labute approximate surface area is 333 Å². The van der Waals surface area contributed by atoms with Gasteiger partial charge in [-0.25, -0.2) is 0 Å². The Morgan fingerprint density at radius 1 is 0.611 bits per heavy atom. The zero-order chi connectivity index (χ0) is 36.9. The van der Waals surface area contributed by atoms with Gasteiger partial charge in [0.25, 0.3) is 0 Å². The van der Waals surface area contributed by atoms with Crippen molar-refractivity contribution in [2.75, 3.05) is 0 Å². The molecule has 2 aliphatic heterocycles. The van der Waals surface area contributed by atoms with E-state index in [1.807, 2.05) is 54.9 Å². The summed E-state index contributed by atoms with van der Waals surface area (Å²) < 4.78 is 12.7. The van der Waals surface area contributed by atoms with Crippen molar-refractivity contribution in [1.82, 2.24) is 9.97 Å². The van der Waals surface area contributed by atoms with Gasteiger partial charge in [-0.2, -0.15) is 0 Å². The third-order valence-corrected chi connectivity index (χ3v) is 10.3. The van der Waals surface area contributed by atoms with Crippen LogP contribution in [0.2, 0.25) is 0 Å². The Balaban J connectivity index is 0.000000178. The third kappa shape index (κ3) is 6.93. The summed E-state index contributed by atoms with van der Waals surface area (Å²) in [6, 6.07) is 44.2. The van der Waals surface area contributed by atoms with Crippen LogP contribution in [0.15, 0.2) is 122 Å². The third-order valence-electron chi connectivity index (χ3n) is 10.3. The summed E-state index contributed by atoms with van der Waals surface area (Å²) in [6.07, 6.45) is 3.89. The van der Waals surface area contributed by atoms with E-state index in [4.69, 9.17) is 14.5 Å². The van der Waals surface area contributed by atoms with Crippen LogP contribution in [0.25, 0.3) is 33.6 Å². The number of hydrogen-bond acceptors (Lipinski definition) is 4. The van der Waals surface area contributed by atoms with Crippen molar-refractivity contribution in [3.63, 3.8) is 0 Å². The number of aryl methyl sites for hydroxylation is 4. The molecule has 6 heteroatoms. The minimum Gasteiger partial charge on any atom is -0.503 e. The van der Waals surface area contributed by atoms with Crippen molar-refractivity contribution in [2.24, 2.45) is 0 Å². The van der Waals surface area contributed by atoms with Gasteiger partial charge >= 0.3 is 0 Å². The molecule has 0 aliphatic carbocycles. The summed E-state index contributed by atoms with van der Waals surface area (Å²) in [5.41, 5.74) is 15.8. The number of fused-ring (bicyclic) bond motifs is 4. The largest absolute Gasteiger partial charge is 0.503 e. The minimum atomic E-state index is 0. The first-order valence-electron chi connectivity index (χ1n) is 18.2. The molecule has 0 amide bonds. The van der Waals surface area contributed by atoms with E-state index in [1.165, 1.54) is 38.9 Å². The van der Waals surface area contributed by atoms with Crippen LogP contribution in [0.5, 0.6) is 23.0 Å². The fourth-order valence-corrected chi connectivity index (χ4v) is 7.41. The molecule has 0 bridgehead atoms. The number of aromatic nitrogens is 2. The standard InChI is InChI=1S/C28H23BNO2.C20H18N.Ir/c1-17-16-30-22(15-19(17)28(2,3)4)18-9-7-11-21-27(18)32-25-14-8-13-24-26(25)29(21)20-10-5-6-12-23(20)31-24;1-14-9-10-18(20-11-15(2)16(3)13-21-20)12-19(14)17-7-5-4-6-8-17;/h5-8,10-16H,1-4H3;4-9,11-13H,1-3H3;/q2*-1;. The molecule has 0 N–H and O–H groups in total. The molecule has 54 heavy (non-hydrogen) atoms. The monoisotopic (exact) mass is 881 g/mol. The molecule has 7 aromatic rings. The number of rotatable bonds is 3. The molecule has 2 aliphatic rings. The van der Waals surface area contributed by atoms with Crippen molar-refractivity contribution in [1.29, 1.82) is 0 Å². The molecule has 0 fully saturated rings. The Hall–Kier alpha value is -5.29. The maximum atomic E-state index is 6.53. The SMILES string of the molecule is Cc1cnc(-c2[c-]cc(C)c(-c3ccccc3)c2)cc1C.Cc1cnc(-c2[c-]ccc3c2Oc2cccc4c2B3c2ccccc2O4)cc1C(C)(C)C.[Ir]. The normalized spacial score (nSPS) is 12.1. The summed E-state index contributed by atoms with van der Waals surface area (Å²) in [5.74, 6) is 3.41.